The quantitative estimate of drug-likeness (QED) is 0.253. The number of hydrogen-bond donors (Lipinski definition) is 0. The second-order valence-corrected chi connectivity index (χ2v) is 9.16. The average Bonchev–Trinajstić information content (AvgIpc) is 3.54. The fraction of sp³-hybridized carbons (Fsp3) is 0.167. The number of hydrazone groups is 1. The van der Waals surface area contributed by atoms with E-state index in [1.165, 1.54) is 37.9 Å². The van der Waals surface area contributed by atoms with Crippen molar-refractivity contribution in [2.75, 3.05) is 0 Å². The second-order valence-electron chi connectivity index (χ2n) is 9.16. The van der Waals surface area contributed by atoms with Gasteiger partial charge in [0.2, 0.25) is 18.0 Å². The van der Waals surface area contributed by atoms with Gasteiger partial charge in [-0.1, -0.05) is 48.0 Å². The minimum Gasteiger partial charge on any atom is -0.445 e. The lowest BCUT2D eigenvalue weighted by molar-refractivity contribution is -0.135. The second kappa shape index (κ2) is 10.9. The van der Waals surface area contributed by atoms with Crippen molar-refractivity contribution in [1.82, 2.24) is 14.8 Å². The van der Waals surface area contributed by atoms with E-state index < -0.39 is 18.2 Å². The number of aryl methyl sites for hydroxylation is 1. The van der Waals surface area contributed by atoms with Crippen LogP contribution in [0.5, 0.6) is 11.5 Å². The number of aromatic nitrogens is 2. The zero-order valence-electron chi connectivity index (χ0n) is 22.3. The first-order valence-corrected chi connectivity index (χ1v) is 12.5. The molecule has 0 saturated carbocycles. The first-order valence-electron chi connectivity index (χ1n) is 12.5. The van der Waals surface area contributed by atoms with Gasteiger partial charge in [0.05, 0.1) is 16.8 Å². The molecular weight excluding hydrogens is 512 g/mol. The highest BCUT2D eigenvalue weighted by molar-refractivity contribution is 5.99. The molecule has 10 heteroatoms. The van der Waals surface area contributed by atoms with Gasteiger partial charge in [-0.3, -0.25) is 14.4 Å². The first-order chi connectivity index (χ1) is 19.2. The van der Waals surface area contributed by atoms with E-state index in [2.05, 4.69) is 5.10 Å². The number of para-hydroxylation sites is 1. The monoisotopic (exact) mass is 538 g/mol. The highest BCUT2D eigenvalue weighted by Crippen LogP contribution is 2.38. The van der Waals surface area contributed by atoms with Gasteiger partial charge >= 0.3 is 11.9 Å². The van der Waals surface area contributed by atoms with Crippen LogP contribution < -0.4 is 9.47 Å². The summed E-state index contributed by atoms with van der Waals surface area (Å²) >= 11 is 0. The summed E-state index contributed by atoms with van der Waals surface area (Å²) in [6.07, 6.45) is 0.847. The predicted octanol–water partition coefficient (Wildman–Crippen LogP) is 4.94. The number of nitrogens with zero attached hydrogens (tertiary/aromatic N) is 4. The fourth-order valence-corrected chi connectivity index (χ4v) is 4.24. The molecule has 0 spiro atoms. The normalized spacial score (nSPS) is 14.3. The molecule has 3 aromatic carbocycles. The Bertz CT molecular complexity index is 1630. The van der Waals surface area contributed by atoms with Crippen molar-refractivity contribution in [2.45, 2.75) is 33.9 Å². The molecule has 1 aliphatic rings. The van der Waals surface area contributed by atoms with Crippen LogP contribution in [-0.2, 0) is 19.1 Å². The highest BCUT2D eigenvalue weighted by atomic mass is 16.6. The van der Waals surface area contributed by atoms with Crippen LogP contribution in [0.4, 0.5) is 0 Å². The fourth-order valence-electron chi connectivity index (χ4n) is 4.24. The summed E-state index contributed by atoms with van der Waals surface area (Å²) in [5.74, 6) is -1.20. The maximum atomic E-state index is 12.8. The molecule has 10 nitrogen and oxygen atoms in total. The minimum atomic E-state index is -0.959. The smallest absolute Gasteiger partial charge is 0.308 e. The number of carbonyl (C=O) groups is 3. The van der Waals surface area contributed by atoms with Gasteiger partial charge in [0, 0.05) is 38.6 Å². The van der Waals surface area contributed by atoms with Crippen molar-refractivity contribution in [3.8, 4) is 28.4 Å². The van der Waals surface area contributed by atoms with Crippen molar-refractivity contribution in [3.63, 3.8) is 0 Å². The van der Waals surface area contributed by atoms with Gasteiger partial charge < -0.3 is 14.2 Å². The summed E-state index contributed by atoms with van der Waals surface area (Å²) in [6, 6.07) is 21.9. The third kappa shape index (κ3) is 5.46. The average molecular weight is 539 g/mol. The summed E-state index contributed by atoms with van der Waals surface area (Å²) < 4.78 is 18.5. The van der Waals surface area contributed by atoms with Gasteiger partial charge in [-0.2, -0.15) is 10.1 Å². The Morgan fingerprint density at radius 1 is 0.875 bits per heavy atom. The molecule has 4 aromatic rings. The predicted molar refractivity (Wildman–Crippen MR) is 146 cm³/mol. The topological polar surface area (TPSA) is 112 Å². The van der Waals surface area contributed by atoms with Crippen LogP contribution in [-0.4, -0.2) is 38.5 Å². The number of amides is 1. The Balaban J connectivity index is 1.59. The third-order valence-electron chi connectivity index (χ3n) is 6.02. The number of esters is 2. The lowest BCUT2D eigenvalue weighted by Gasteiger charge is -2.19. The Morgan fingerprint density at radius 2 is 1.57 bits per heavy atom. The molecule has 0 radical (unpaired) electrons. The van der Waals surface area contributed by atoms with E-state index in [4.69, 9.17) is 19.3 Å². The molecule has 1 aromatic heterocycles. The van der Waals surface area contributed by atoms with Crippen LogP contribution in [0.1, 0.15) is 43.7 Å². The summed E-state index contributed by atoms with van der Waals surface area (Å²) in [4.78, 5) is 36.1. The van der Waals surface area contributed by atoms with Gasteiger partial charge in [-0.15, -0.1) is 5.10 Å². The maximum Gasteiger partial charge on any atom is 0.308 e. The Labute approximate surface area is 230 Å². The molecule has 2 heterocycles. The molecule has 1 amide bonds. The zero-order chi connectivity index (χ0) is 28.4. The van der Waals surface area contributed by atoms with Crippen LogP contribution in [0.3, 0.4) is 0 Å². The van der Waals surface area contributed by atoms with E-state index in [0.717, 1.165) is 16.8 Å². The molecule has 0 saturated heterocycles. The molecule has 1 atom stereocenters. The number of ether oxygens (including phenoxy) is 3. The number of carbonyl (C=O) groups excluding carboxylic acids is 3. The van der Waals surface area contributed by atoms with Gasteiger partial charge in [0.1, 0.15) is 17.2 Å². The Morgan fingerprint density at radius 3 is 2.23 bits per heavy atom. The molecular formula is C30H26N4O6. The van der Waals surface area contributed by atoms with Crippen LogP contribution in [0.25, 0.3) is 16.9 Å². The highest BCUT2D eigenvalue weighted by Gasteiger charge is 2.37. The minimum absolute atomic E-state index is 0.0492. The SMILES string of the molecule is CC(=O)Oc1ccc(C2=NN(C(C)=O)C(c3cn(-c4ccccc4)nc3-c3ccc(C)cc3)O2)c(OC(C)=O)c1. The lowest BCUT2D eigenvalue weighted by atomic mass is 10.1. The summed E-state index contributed by atoms with van der Waals surface area (Å²) in [6.45, 7) is 5.89. The van der Waals surface area contributed by atoms with Crippen molar-refractivity contribution in [1.29, 1.82) is 0 Å². The van der Waals surface area contributed by atoms with E-state index >= 15 is 0 Å². The zero-order valence-corrected chi connectivity index (χ0v) is 22.3. The van der Waals surface area contributed by atoms with E-state index in [9.17, 15) is 14.4 Å². The Hall–Kier alpha value is -5.25. The third-order valence-corrected chi connectivity index (χ3v) is 6.02. The van der Waals surface area contributed by atoms with Crippen LogP contribution in [0.2, 0.25) is 0 Å². The number of benzene rings is 3. The molecule has 0 fully saturated rings. The van der Waals surface area contributed by atoms with Crippen LogP contribution in [0, 0.1) is 6.92 Å². The molecule has 0 aliphatic carbocycles. The molecule has 0 bridgehead atoms. The largest absolute Gasteiger partial charge is 0.445 e. The van der Waals surface area contributed by atoms with Gasteiger partial charge in [0.25, 0.3) is 0 Å². The molecule has 0 N–H and O–H groups in total. The van der Waals surface area contributed by atoms with Crippen molar-refractivity contribution in [2.24, 2.45) is 5.10 Å². The van der Waals surface area contributed by atoms with E-state index in [1.807, 2.05) is 61.5 Å². The molecule has 202 valence electrons. The number of hydrogen-bond acceptors (Lipinski definition) is 8. The van der Waals surface area contributed by atoms with Gasteiger partial charge in [-0.05, 0) is 31.2 Å². The van der Waals surface area contributed by atoms with Crippen molar-refractivity contribution >= 4 is 23.7 Å². The standard InChI is InChI=1S/C30H26N4O6/c1-18-10-12-22(13-11-18)28-26(17-33(31-28)23-8-6-5-7-9-23)30-34(19(2)35)32-29(40-30)25-15-14-24(38-20(3)36)16-27(25)39-21(4)37/h5-17,30H,1-4H3. The van der Waals surface area contributed by atoms with Crippen LogP contribution in [0.15, 0.2) is 84.1 Å². The molecule has 40 heavy (non-hydrogen) atoms. The maximum absolute atomic E-state index is 12.8. The van der Waals surface area contributed by atoms with Gasteiger partial charge in [0.15, 0.2) is 0 Å². The Kier molecular flexibility index (Phi) is 7.15. The molecule has 5 rings (SSSR count). The van der Waals surface area contributed by atoms with Crippen molar-refractivity contribution in [3.05, 3.63) is 95.7 Å². The van der Waals surface area contributed by atoms with E-state index in [-0.39, 0.29) is 23.3 Å². The number of rotatable bonds is 6. The van der Waals surface area contributed by atoms with Crippen LogP contribution >= 0.6 is 0 Å². The summed E-state index contributed by atoms with van der Waals surface area (Å²) in [7, 11) is 0. The van der Waals surface area contributed by atoms with Crippen molar-refractivity contribution < 1.29 is 28.6 Å². The van der Waals surface area contributed by atoms with E-state index in [0.29, 0.717) is 16.8 Å². The van der Waals surface area contributed by atoms with Gasteiger partial charge in [-0.25, -0.2) is 4.68 Å². The lowest BCUT2D eigenvalue weighted by Crippen LogP contribution is -2.25. The van der Waals surface area contributed by atoms with E-state index in [1.54, 1.807) is 16.9 Å². The summed E-state index contributed by atoms with van der Waals surface area (Å²) in [5.41, 5.74) is 4.27. The molecule has 1 unspecified atom stereocenters. The first kappa shape index (κ1) is 26.4. The molecule has 1 aliphatic heterocycles. The summed E-state index contributed by atoms with van der Waals surface area (Å²) in [5, 5.41) is 10.5.